The summed E-state index contributed by atoms with van der Waals surface area (Å²) in [6.07, 6.45) is 6.26. The highest BCUT2D eigenvalue weighted by Gasteiger charge is 2.51. The van der Waals surface area contributed by atoms with Crippen LogP contribution in [0.5, 0.6) is 0 Å². The Balaban J connectivity index is 1.27. The fourth-order valence-electron chi connectivity index (χ4n) is 5.73. The van der Waals surface area contributed by atoms with Crippen LogP contribution in [0.1, 0.15) is 46.5 Å². The number of allylic oxidation sites excluding steroid dienone is 1. The first kappa shape index (κ1) is 24.7. The van der Waals surface area contributed by atoms with Gasteiger partial charge < -0.3 is 15.1 Å². The molecule has 1 aromatic rings. The predicted octanol–water partition coefficient (Wildman–Crippen LogP) is 4.60. The van der Waals surface area contributed by atoms with Crippen LogP contribution in [0.2, 0.25) is 0 Å². The summed E-state index contributed by atoms with van der Waals surface area (Å²) in [4.78, 5) is 31.5. The molecule has 2 atom stereocenters. The molecule has 0 aromatic heterocycles. The van der Waals surface area contributed by atoms with Gasteiger partial charge in [-0.1, -0.05) is 44.6 Å². The molecule has 34 heavy (non-hydrogen) atoms. The molecule has 5 rings (SSSR count). The molecule has 2 fully saturated rings. The number of fused-ring (bicyclic) bond motifs is 1. The molecule has 0 radical (unpaired) electrons. The summed E-state index contributed by atoms with van der Waals surface area (Å²) in [6, 6.07) is 5.95. The van der Waals surface area contributed by atoms with E-state index in [0.717, 1.165) is 44.9 Å². The average molecular weight is 471 g/mol. The fourth-order valence-corrected chi connectivity index (χ4v) is 5.73. The van der Waals surface area contributed by atoms with Crippen LogP contribution in [0.4, 0.5) is 14.9 Å². The van der Waals surface area contributed by atoms with Gasteiger partial charge >= 0.3 is 6.03 Å². The van der Waals surface area contributed by atoms with Crippen LogP contribution in [0, 0.1) is 23.1 Å². The molecule has 3 aliphatic carbocycles. The van der Waals surface area contributed by atoms with Gasteiger partial charge in [0.05, 0.1) is 5.69 Å². The summed E-state index contributed by atoms with van der Waals surface area (Å²) >= 11 is 0. The van der Waals surface area contributed by atoms with Crippen molar-refractivity contribution in [3.05, 3.63) is 41.7 Å². The lowest BCUT2D eigenvalue weighted by atomic mass is 9.49. The zero-order chi connectivity index (χ0) is 24.3. The van der Waals surface area contributed by atoms with E-state index in [1.807, 2.05) is 0 Å². The van der Waals surface area contributed by atoms with Gasteiger partial charge in [-0.15, -0.1) is 0 Å². The molecule has 2 unspecified atom stereocenters. The monoisotopic (exact) mass is 470 g/mol. The molecule has 0 spiro atoms. The average Bonchev–Trinajstić information content (AvgIpc) is 2.83. The normalized spacial score (nSPS) is 23.6. The molecule has 4 aliphatic rings. The molecule has 1 saturated carbocycles. The highest BCUT2D eigenvalue weighted by atomic mass is 19.1. The second-order valence-electron chi connectivity index (χ2n) is 10.6. The Morgan fingerprint density at radius 2 is 1.91 bits per heavy atom. The topological polar surface area (TPSA) is 55.9 Å². The SMILES string of the molecule is CCCC(=O)N(CCN1CCN(C(=O)Nc2ccccc2F)CC1)CC1=CCC2CC1C2(C)C. The molecule has 1 aromatic carbocycles. The minimum atomic E-state index is -0.430. The molecule has 3 amide bonds. The van der Waals surface area contributed by atoms with E-state index < -0.39 is 5.82 Å². The Morgan fingerprint density at radius 3 is 2.56 bits per heavy atom. The molecule has 1 saturated heterocycles. The van der Waals surface area contributed by atoms with Gasteiger partial charge in [-0.25, -0.2) is 9.18 Å². The van der Waals surface area contributed by atoms with E-state index in [2.05, 4.69) is 42.0 Å². The summed E-state index contributed by atoms with van der Waals surface area (Å²) in [5, 5.41) is 2.67. The third-order valence-corrected chi connectivity index (χ3v) is 8.23. The van der Waals surface area contributed by atoms with Crippen LogP contribution >= 0.6 is 0 Å². The maximum Gasteiger partial charge on any atom is 0.322 e. The zero-order valence-electron chi connectivity index (χ0n) is 20.9. The molecule has 2 bridgehead atoms. The Kier molecular flexibility index (Phi) is 7.60. The minimum Gasteiger partial charge on any atom is -0.337 e. The number of carbonyl (C=O) groups excluding carboxylic acids is 2. The van der Waals surface area contributed by atoms with E-state index in [0.29, 0.717) is 37.4 Å². The smallest absolute Gasteiger partial charge is 0.322 e. The Bertz CT molecular complexity index is 923. The summed E-state index contributed by atoms with van der Waals surface area (Å²) in [5.41, 5.74) is 2.02. The first-order valence-corrected chi connectivity index (χ1v) is 12.8. The molecule has 1 N–H and O–H groups in total. The molecular formula is C27H39FN4O2. The summed E-state index contributed by atoms with van der Waals surface area (Å²) < 4.78 is 13.8. The van der Waals surface area contributed by atoms with E-state index in [4.69, 9.17) is 0 Å². The number of nitrogens with one attached hydrogen (secondary N) is 1. The maximum atomic E-state index is 13.8. The summed E-state index contributed by atoms with van der Waals surface area (Å²) in [6.45, 7) is 11.8. The third-order valence-electron chi connectivity index (χ3n) is 8.23. The molecule has 6 nitrogen and oxygen atoms in total. The van der Waals surface area contributed by atoms with Gasteiger partial charge in [-0.3, -0.25) is 9.69 Å². The van der Waals surface area contributed by atoms with E-state index in [-0.39, 0.29) is 17.6 Å². The van der Waals surface area contributed by atoms with E-state index in [9.17, 15) is 14.0 Å². The van der Waals surface area contributed by atoms with E-state index in [1.54, 1.807) is 23.1 Å². The fraction of sp³-hybridized carbons (Fsp3) is 0.630. The molecule has 7 heteroatoms. The first-order chi connectivity index (χ1) is 16.3. The van der Waals surface area contributed by atoms with Gasteiger partial charge in [0.15, 0.2) is 0 Å². The lowest BCUT2D eigenvalue weighted by molar-refractivity contribution is -0.131. The van der Waals surface area contributed by atoms with Crippen molar-refractivity contribution in [2.24, 2.45) is 17.3 Å². The van der Waals surface area contributed by atoms with Crippen LogP contribution in [0.25, 0.3) is 0 Å². The van der Waals surface area contributed by atoms with Gasteiger partial charge in [0.1, 0.15) is 5.82 Å². The van der Waals surface area contributed by atoms with Gasteiger partial charge in [0.25, 0.3) is 0 Å². The van der Waals surface area contributed by atoms with Crippen molar-refractivity contribution in [1.29, 1.82) is 0 Å². The molecular weight excluding hydrogens is 431 g/mol. The van der Waals surface area contributed by atoms with Crippen LogP contribution < -0.4 is 5.32 Å². The van der Waals surface area contributed by atoms with Crippen molar-refractivity contribution >= 4 is 17.6 Å². The number of nitrogens with zero attached hydrogens (tertiary/aromatic N) is 3. The Labute approximate surface area is 203 Å². The van der Waals surface area contributed by atoms with Crippen molar-refractivity contribution in [2.75, 3.05) is 51.1 Å². The first-order valence-electron chi connectivity index (χ1n) is 12.8. The number of amides is 3. The predicted molar refractivity (Wildman–Crippen MR) is 133 cm³/mol. The molecule has 1 aliphatic heterocycles. The second-order valence-corrected chi connectivity index (χ2v) is 10.6. The molecule has 186 valence electrons. The van der Waals surface area contributed by atoms with Crippen molar-refractivity contribution in [3.8, 4) is 0 Å². The minimum absolute atomic E-state index is 0.206. The molecule has 1 heterocycles. The number of anilines is 1. The Hall–Kier alpha value is -2.41. The van der Waals surface area contributed by atoms with Gasteiger partial charge in [0, 0.05) is 52.2 Å². The third kappa shape index (κ3) is 5.29. The maximum absolute atomic E-state index is 13.8. The number of benzene rings is 1. The second kappa shape index (κ2) is 10.5. The number of hydrogen-bond donors (Lipinski definition) is 1. The van der Waals surface area contributed by atoms with Gasteiger partial charge in [-0.2, -0.15) is 0 Å². The van der Waals surface area contributed by atoms with Crippen molar-refractivity contribution in [3.63, 3.8) is 0 Å². The summed E-state index contributed by atoms with van der Waals surface area (Å²) in [7, 11) is 0. The summed E-state index contributed by atoms with van der Waals surface area (Å²) in [5.74, 6) is 1.22. The van der Waals surface area contributed by atoms with Crippen molar-refractivity contribution in [1.82, 2.24) is 14.7 Å². The van der Waals surface area contributed by atoms with Gasteiger partial charge in [0.2, 0.25) is 5.91 Å². The lowest BCUT2D eigenvalue weighted by Crippen LogP contribution is -2.52. The number of urea groups is 1. The van der Waals surface area contributed by atoms with Crippen LogP contribution in [0.3, 0.4) is 0 Å². The lowest BCUT2D eigenvalue weighted by Gasteiger charge is -2.57. The number of rotatable bonds is 8. The van der Waals surface area contributed by atoms with Crippen molar-refractivity contribution in [2.45, 2.75) is 46.5 Å². The number of para-hydroxylation sites is 1. The van der Waals surface area contributed by atoms with E-state index in [1.165, 1.54) is 18.1 Å². The van der Waals surface area contributed by atoms with Crippen LogP contribution in [0.15, 0.2) is 35.9 Å². The Morgan fingerprint density at radius 1 is 1.18 bits per heavy atom. The van der Waals surface area contributed by atoms with Gasteiger partial charge in [-0.05, 0) is 48.6 Å². The van der Waals surface area contributed by atoms with E-state index >= 15 is 0 Å². The van der Waals surface area contributed by atoms with Crippen LogP contribution in [-0.2, 0) is 4.79 Å². The largest absolute Gasteiger partial charge is 0.337 e. The highest BCUT2D eigenvalue weighted by molar-refractivity contribution is 5.89. The van der Waals surface area contributed by atoms with Crippen LogP contribution in [-0.4, -0.2) is 72.5 Å². The standard InChI is InChI=1S/C27H39FN4O2/c1-4-7-25(33)32(19-20-10-11-21-18-22(20)27(21,2)3)17-14-30-12-15-31(16-13-30)26(34)29-24-9-6-5-8-23(24)28/h5-6,8-10,21-22H,4,7,11-19H2,1-3H3,(H,29,34). The van der Waals surface area contributed by atoms with Crippen molar-refractivity contribution < 1.29 is 14.0 Å². The number of piperazine rings is 1. The zero-order valence-corrected chi connectivity index (χ0v) is 20.9. The number of carbonyl (C=O) groups is 2. The quantitative estimate of drug-likeness (QED) is 0.565. The number of halogens is 1. The highest BCUT2D eigenvalue weighted by Crippen LogP contribution is 2.59. The number of hydrogen-bond acceptors (Lipinski definition) is 3.